The normalized spacial score (nSPS) is 11.5. The minimum absolute atomic E-state index is 0.185. The molecule has 0 saturated carbocycles. The summed E-state index contributed by atoms with van der Waals surface area (Å²) in [5.41, 5.74) is 1.76. The van der Waals surface area contributed by atoms with E-state index in [9.17, 15) is 13.2 Å². The first-order valence-corrected chi connectivity index (χ1v) is 9.55. The van der Waals surface area contributed by atoms with Gasteiger partial charge in [-0.25, -0.2) is 13.1 Å². The van der Waals surface area contributed by atoms with Crippen LogP contribution in [0.25, 0.3) is 6.08 Å². The van der Waals surface area contributed by atoms with E-state index < -0.39 is 10.0 Å². The monoisotopic (exact) mass is 374 g/mol. The first kappa shape index (κ1) is 19.7. The van der Waals surface area contributed by atoms with Gasteiger partial charge in [0.25, 0.3) is 0 Å². The van der Waals surface area contributed by atoms with Crippen LogP contribution in [-0.4, -0.2) is 35.0 Å². The van der Waals surface area contributed by atoms with E-state index in [-0.39, 0.29) is 10.8 Å². The summed E-state index contributed by atoms with van der Waals surface area (Å²) in [7, 11) is -0.432. The predicted molar refractivity (Wildman–Crippen MR) is 101 cm³/mol. The van der Waals surface area contributed by atoms with Gasteiger partial charge in [0.1, 0.15) is 5.75 Å². The van der Waals surface area contributed by atoms with Gasteiger partial charge in [0.05, 0.1) is 12.0 Å². The molecule has 138 valence electrons. The molecular weight excluding hydrogens is 352 g/mol. The SMILES string of the molecule is CNC(=O)/C=C/c1ccc(S(=O)(=O)NCCc2ccc(OC)cc2)cc1. The van der Waals surface area contributed by atoms with Crippen molar-refractivity contribution in [3.8, 4) is 5.75 Å². The van der Waals surface area contributed by atoms with Crippen molar-refractivity contribution in [2.75, 3.05) is 20.7 Å². The van der Waals surface area contributed by atoms with Crippen molar-refractivity contribution in [2.45, 2.75) is 11.3 Å². The van der Waals surface area contributed by atoms with Crippen molar-refractivity contribution in [1.82, 2.24) is 10.0 Å². The van der Waals surface area contributed by atoms with Crippen molar-refractivity contribution in [2.24, 2.45) is 0 Å². The number of likely N-dealkylation sites (N-methyl/N-ethyl adjacent to an activating group) is 1. The molecule has 0 aliphatic heterocycles. The molecule has 2 aromatic carbocycles. The van der Waals surface area contributed by atoms with Gasteiger partial charge < -0.3 is 10.1 Å². The summed E-state index contributed by atoms with van der Waals surface area (Å²) in [6, 6.07) is 13.8. The number of benzene rings is 2. The average Bonchev–Trinajstić information content (AvgIpc) is 2.66. The second-order valence-corrected chi connectivity index (χ2v) is 7.28. The largest absolute Gasteiger partial charge is 0.497 e. The molecule has 0 aliphatic carbocycles. The fourth-order valence-electron chi connectivity index (χ4n) is 2.22. The van der Waals surface area contributed by atoms with Gasteiger partial charge in [-0.3, -0.25) is 4.79 Å². The van der Waals surface area contributed by atoms with Gasteiger partial charge in [-0.15, -0.1) is 0 Å². The number of hydrogen-bond donors (Lipinski definition) is 2. The van der Waals surface area contributed by atoms with Crippen molar-refractivity contribution in [3.05, 3.63) is 65.7 Å². The van der Waals surface area contributed by atoms with Gasteiger partial charge in [0.15, 0.2) is 0 Å². The maximum atomic E-state index is 12.3. The number of nitrogens with one attached hydrogen (secondary N) is 2. The summed E-state index contributed by atoms with van der Waals surface area (Å²) in [6.45, 7) is 0.299. The lowest BCUT2D eigenvalue weighted by Crippen LogP contribution is -2.25. The third-order valence-corrected chi connectivity index (χ3v) is 5.21. The number of rotatable bonds is 8. The molecule has 26 heavy (non-hydrogen) atoms. The van der Waals surface area contributed by atoms with E-state index in [1.165, 1.54) is 18.2 Å². The van der Waals surface area contributed by atoms with Crippen molar-refractivity contribution < 1.29 is 17.9 Å². The van der Waals surface area contributed by atoms with Crippen LogP contribution in [0.15, 0.2) is 59.5 Å². The number of sulfonamides is 1. The Balaban J connectivity index is 1.94. The molecule has 0 radical (unpaired) electrons. The highest BCUT2D eigenvalue weighted by Gasteiger charge is 2.12. The molecule has 6 nitrogen and oxygen atoms in total. The highest BCUT2D eigenvalue weighted by molar-refractivity contribution is 7.89. The third-order valence-electron chi connectivity index (χ3n) is 3.73. The second-order valence-electron chi connectivity index (χ2n) is 5.51. The summed E-state index contributed by atoms with van der Waals surface area (Å²) >= 11 is 0. The molecule has 0 spiro atoms. The molecule has 0 unspecified atom stereocenters. The summed E-state index contributed by atoms with van der Waals surface area (Å²) in [5.74, 6) is 0.543. The van der Waals surface area contributed by atoms with Crippen molar-refractivity contribution in [3.63, 3.8) is 0 Å². The van der Waals surface area contributed by atoms with E-state index in [1.54, 1.807) is 32.4 Å². The number of hydrogen-bond acceptors (Lipinski definition) is 4. The molecule has 0 heterocycles. The van der Waals surface area contributed by atoms with Gasteiger partial charge in [-0.1, -0.05) is 24.3 Å². The number of carbonyl (C=O) groups is 1. The number of methoxy groups -OCH3 is 1. The van der Waals surface area contributed by atoms with Crippen LogP contribution >= 0.6 is 0 Å². The fourth-order valence-corrected chi connectivity index (χ4v) is 3.25. The summed E-state index contributed by atoms with van der Waals surface area (Å²) in [6.07, 6.45) is 3.58. The van der Waals surface area contributed by atoms with E-state index in [2.05, 4.69) is 10.0 Å². The minimum Gasteiger partial charge on any atom is -0.497 e. The smallest absolute Gasteiger partial charge is 0.243 e. The van der Waals surface area contributed by atoms with Crippen LogP contribution in [0.3, 0.4) is 0 Å². The van der Waals surface area contributed by atoms with E-state index in [4.69, 9.17) is 4.74 Å². The summed E-state index contributed by atoms with van der Waals surface area (Å²) in [4.78, 5) is 11.4. The first-order chi connectivity index (χ1) is 12.4. The van der Waals surface area contributed by atoms with E-state index in [0.29, 0.717) is 13.0 Å². The van der Waals surface area contributed by atoms with Crippen LogP contribution in [0.4, 0.5) is 0 Å². The van der Waals surface area contributed by atoms with Gasteiger partial charge >= 0.3 is 0 Å². The molecule has 0 bridgehead atoms. The van der Waals surface area contributed by atoms with Gasteiger partial charge in [0.2, 0.25) is 15.9 Å². The van der Waals surface area contributed by atoms with E-state index in [1.807, 2.05) is 24.3 Å². The Hall–Kier alpha value is -2.64. The average molecular weight is 374 g/mol. The van der Waals surface area contributed by atoms with Gasteiger partial charge in [0, 0.05) is 19.7 Å². The van der Waals surface area contributed by atoms with Gasteiger partial charge in [-0.05, 0) is 47.9 Å². The summed E-state index contributed by atoms with van der Waals surface area (Å²) < 4.78 is 32.4. The molecule has 1 amide bonds. The molecule has 0 aromatic heterocycles. The third kappa shape index (κ3) is 5.72. The Kier molecular flexibility index (Phi) is 6.94. The molecule has 0 saturated heterocycles. The Morgan fingerprint density at radius 2 is 1.73 bits per heavy atom. The maximum Gasteiger partial charge on any atom is 0.243 e. The molecule has 0 aliphatic rings. The Morgan fingerprint density at radius 1 is 1.08 bits per heavy atom. The number of ether oxygens (including phenoxy) is 1. The fraction of sp³-hybridized carbons (Fsp3) is 0.211. The van der Waals surface area contributed by atoms with Crippen LogP contribution in [0, 0.1) is 0 Å². The van der Waals surface area contributed by atoms with Crippen LogP contribution < -0.4 is 14.8 Å². The lowest BCUT2D eigenvalue weighted by atomic mass is 10.1. The van der Waals surface area contributed by atoms with Gasteiger partial charge in [-0.2, -0.15) is 0 Å². The minimum atomic E-state index is -3.57. The van der Waals surface area contributed by atoms with Crippen LogP contribution in [0.2, 0.25) is 0 Å². The molecule has 2 N–H and O–H groups in total. The first-order valence-electron chi connectivity index (χ1n) is 8.07. The Morgan fingerprint density at radius 3 is 2.31 bits per heavy atom. The lowest BCUT2D eigenvalue weighted by Gasteiger charge is -2.08. The number of amides is 1. The van der Waals surface area contributed by atoms with Crippen molar-refractivity contribution in [1.29, 1.82) is 0 Å². The lowest BCUT2D eigenvalue weighted by molar-refractivity contribution is -0.115. The topological polar surface area (TPSA) is 84.5 Å². The summed E-state index contributed by atoms with van der Waals surface area (Å²) in [5, 5.41) is 2.48. The van der Waals surface area contributed by atoms with Crippen LogP contribution in [0.5, 0.6) is 5.75 Å². The molecule has 7 heteroatoms. The highest BCUT2D eigenvalue weighted by atomic mass is 32.2. The second kappa shape index (κ2) is 9.17. The quantitative estimate of drug-likeness (QED) is 0.692. The maximum absolute atomic E-state index is 12.3. The molecule has 0 atom stereocenters. The Labute approximate surface area is 153 Å². The van der Waals surface area contributed by atoms with Crippen molar-refractivity contribution >= 4 is 22.0 Å². The molecule has 0 fully saturated rings. The molecular formula is C19H22N2O4S. The zero-order chi connectivity index (χ0) is 19.0. The van der Waals surface area contributed by atoms with Crippen LogP contribution in [0.1, 0.15) is 11.1 Å². The predicted octanol–water partition coefficient (Wildman–Crippen LogP) is 1.98. The zero-order valence-corrected chi connectivity index (χ0v) is 15.5. The standard InChI is InChI=1S/C19H22N2O4S/c1-20-19(22)12-7-15-5-10-18(11-6-15)26(23,24)21-14-13-16-3-8-17(25-2)9-4-16/h3-12,21H,13-14H2,1-2H3,(H,20,22)/b12-7+. The van der Waals surface area contributed by atoms with E-state index >= 15 is 0 Å². The number of carbonyl (C=O) groups excluding carboxylic acids is 1. The zero-order valence-electron chi connectivity index (χ0n) is 14.7. The van der Waals surface area contributed by atoms with Crippen LogP contribution in [-0.2, 0) is 21.2 Å². The Bertz CT molecular complexity index is 857. The molecule has 2 rings (SSSR count). The molecule has 2 aromatic rings. The van der Waals surface area contributed by atoms with E-state index in [0.717, 1.165) is 16.9 Å². The highest BCUT2D eigenvalue weighted by Crippen LogP contribution is 2.13.